The van der Waals surface area contributed by atoms with Crippen LogP contribution in [0.1, 0.15) is 37.2 Å². The van der Waals surface area contributed by atoms with Gasteiger partial charge < -0.3 is 9.64 Å². The summed E-state index contributed by atoms with van der Waals surface area (Å²) in [5.41, 5.74) is -0.329. The highest BCUT2D eigenvalue weighted by Crippen LogP contribution is 2.41. The Hall–Kier alpha value is -3.37. The number of piperidine rings is 1. The zero-order valence-corrected chi connectivity index (χ0v) is 17.7. The van der Waals surface area contributed by atoms with Crippen LogP contribution in [0.15, 0.2) is 47.7 Å². The van der Waals surface area contributed by atoms with Gasteiger partial charge in [0.25, 0.3) is 0 Å². The van der Waals surface area contributed by atoms with Crippen LogP contribution in [0.5, 0.6) is 5.88 Å². The normalized spacial score (nSPS) is 28.7. The van der Waals surface area contributed by atoms with Crippen LogP contribution < -0.4 is 4.74 Å². The molecule has 0 spiro atoms. The number of likely N-dealkylation sites (tertiary alicyclic amines) is 1. The minimum Gasteiger partial charge on any atom is -0.471 e. The fourth-order valence-electron chi connectivity index (χ4n) is 4.81. The van der Waals surface area contributed by atoms with Gasteiger partial charge in [-0.1, -0.05) is 6.08 Å². The molecule has 2 aromatic rings. The molecule has 1 saturated carbocycles. The molecular weight excluding hydrogens is 437 g/mol. The average Bonchev–Trinajstić information content (AvgIpc) is 3.39. The maximum atomic E-state index is 13.6. The molecule has 172 valence electrons. The summed E-state index contributed by atoms with van der Waals surface area (Å²) in [5, 5.41) is 6.78. The zero-order chi connectivity index (χ0) is 23.2. The molecule has 5 atom stereocenters. The SMILES string of the molecule is CC1=NC(C(=O)N2CC3CC(Oc4ccc(C(F)(F)F)nn4)C2C3)C(c2ncccn2)C=C1. The molecule has 2 bridgehead atoms. The van der Waals surface area contributed by atoms with Crippen LogP contribution in [0.25, 0.3) is 0 Å². The molecule has 1 amide bonds. The maximum absolute atomic E-state index is 13.6. The molecule has 8 nitrogen and oxygen atoms in total. The van der Waals surface area contributed by atoms with E-state index in [1.165, 1.54) is 0 Å². The highest BCUT2D eigenvalue weighted by Gasteiger charge is 2.50. The van der Waals surface area contributed by atoms with Crippen molar-refractivity contribution in [1.82, 2.24) is 25.1 Å². The Kier molecular flexibility index (Phi) is 5.34. The number of rotatable bonds is 4. The lowest BCUT2D eigenvalue weighted by molar-refractivity contribution is -0.142. The molecule has 3 aliphatic rings. The van der Waals surface area contributed by atoms with Crippen LogP contribution in [0, 0.1) is 5.92 Å². The Labute approximate surface area is 187 Å². The molecule has 1 saturated heterocycles. The third-order valence-corrected chi connectivity index (χ3v) is 6.28. The van der Waals surface area contributed by atoms with Gasteiger partial charge in [-0.3, -0.25) is 9.79 Å². The molecular formula is C22H21F3N6O2. The Morgan fingerprint density at radius 2 is 1.94 bits per heavy atom. The molecule has 2 aliphatic heterocycles. The monoisotopic (exact) mass is 458 g/mol. The van der Waals surface area contributed by atoms with E-state index in [1.807, 2.05) is 19.1 Å². The molecule has 4 heterocycles. The largest absolute Gasteiger partial charge is 0.471 e. The number of alkyl halides is 3. The van der Waals surface area contributed by atoms with Gasteiger partial charge in [-0.05, 0) is 43.9 Å². The van der Waals surface area contributed by atoms with Gasteiger partial charge in [-0.25, -0.2) is 9.97 Å². The number of carbonyl (C=O) groups is 1. The molecule has 5 unspecified atom stereocenters. The van der Waals surface area contributed by atoms with Gasteiger partial charge in [0.1, 0.15) is 18.0 Å². The predicted molar refractivity (Wildman–Crippen MR) is 110 cm³/mol. The van der Waals surface area contributed by atoms with E-state index in [9.17, 15) is 18.0 Å². The van der Waals surface area contributed by atoms with Crippen LogP contribution in [0.2, 0.25) is 0 Å². The van der Waals surface area contributed by atoms with Crippen LogP contribution >= 0.6 is 0 Å². The number of aromatic nitrogens is 4. The Morgan fingerprint density at radius 3 is 2.61 bits per heavy atom. The fourth-order valence-corrected chi connectivity index (χ4v) is 4.81. The maximum Gasteiger partial charge on any atom is 0.435 e. The van der Waals surface area contributed by atoms with Crippen molar-refractivity contribution in [3.63, 3.8) is 0 Å². The molecule has 33 heavy (non-hydrogen) atoms. The summed E-state index contributed by atoms with van der Waals surface area (Å²) in [6.45, 7) is 2.43. The van der Waals surface area contributed by atoms with E-state index in [0.717, 1.165) is 24.3 Å². The first-order valence-electron chi connectivity index (χ1n) is 10.7. The van der Waals surface area contributed by atoms with Gasteiger partial charge in [-0.15, -0.1) is 10.2 Å². The highest BCUT2D eigenvalue weighted by atomic mass is 19.4. The smallest absolute Gasteiger partial charge is 0.435 e. The molecule has 2 fully saturated rings. The third kappa shape index (κ3) is 4.19. The topological polar surface area (TPSA) is 93.5 Å². The summed E-state index contributed by atoms with van der Waals surface area (Å²) in [7, 11) is 0. The van der Waals surface area contributed by atoms with Crippen molar-refractivity contribution >= 4 is 11.6 Å². The van der Waals surface area contributed by atoms with Gasteiger partial charge in [0.2, 0.25) is 11.8 Å². The lowest BCUT2D eigenvalue weighted by Gasteiger charge is -2.36. The summed E-state index contributed by atoms with van der Waals surface area (Å²) < 4.78 is 44.1. The number of hydrogen-bond acceptors (Lipinski definition) is 7. The number of allylic oxidation sites excluding steroid dienone is 1. The Bertz CT molecular complexity index is 1090. The molecule has 5 rings (SSSR count). The zero-order valence-electron chi connectivity index (χ0n) is 17.7. The quantitative estimate of drug-likeness (QED) is 0.700. The van der Waals surface area contributed by atoms with Crippen molar-refractivity contribution in [3.05, 3.63) is 54.3 Å². The molecule has 0 N–H and O–H groups in total. The first-order valence-corrected chi connectivity index (χ1v) is 10.7. The number of fused-ring (bicyclic) bond motifs is 2. The van der Waals surface area contributed by atoms with E-state index in [2.05, 4.69) is 25.2 Å². The van der Waals surface area contributed by atoms with Crippen molar-refractivity contribution in [3.8, 4) is 5.88 Å². The van der Waals surface area contributed by atoms with Crippen molar-refractivity contribution < 1.29 is 22.7 Å². The van der Waals surface area contributed by atoms with Gasteiger partial charge in [-0.2, -0.15) is 13.2 Å². The second kappa shape index (κ2) is 8.20. The number of nitrogens with zero attached hydrogens (tertiary/aromatic N) is 6. The van der Waals surface area contributed by atoms with Crippen molar-refractivity contribution in [1.29, 1.82) is 0 Å². The van der Waals surface area contributed by atoms with E-state index in [4.69, 9.17) is 4.74 Å². The van der Waals surface area contributed by atoms with E-state index in [-0.39, 0.29) is 35.8 Å². The third-order valence-electron chi connectivity index (χ3n) is 6.28. The second-order valence-corrected chi connectivity index (χ2v) is 8.51. The Morgan fingerprint density at radius 1 is 1.15 bits per heavy atom. The van der Waals surface area contributed by atoms with Crippen LogP contribution in [0.3, 0.4) is 0 Å². The Balaban J connectivity index is 1.33. The molecule has 11 heteroatoms. The number of aliphatic imine (C=N–C) groups is 1. The lowest BCUT2D eigenvalue weighted by Crippen LogP contribution is -2.51. The van der Waals surface area contributed by atoms with Gasteiger partial charge in [0, 0.05) is 30.7 Å². The summed E-state index contributed by atoms with van der Waals surface area (Å²) in [4.78, 5) is 28.6. The van der Waals surface area contributed by atoms with Gasteiger partial charge >= 0.3 is 6.18 Å². The molecule has 1 aliphatic carbocycles. The second-order valence-electron chi connectivity index (χ2n) is 8.51. The summed E-state index contributed by atoms with van der Waals surface area (Å²) in [6, 6.07) is 2.84. The van der Waals surface area contributed by atoms with Crippen molar-refractivity contribution in [2.45, 2.75) is 50.0 Å². The molecule has 0 radical (unpaired) electrons. The first kappa shape index (κ1) is 21.5. The number of halogens is 3. The summed E-state index contributed by atoms with van der Waals surface area (Å²) >= 11 is 0. The number of ether oxygens (including phenoxy) is 1. The van der Waals surface area contributed by atoms with Crippen LogP contribution in [-0.4, -0.2) is 61.4 Å². The summed E-state index contributed by atoms with van der Waals surface area (Å²) in [6.07, 6.45) is 3.57. The minimum atomic E-state index is -4.56. The average molecular weight is 458 g/mol. The highest BCUT2D eigenvalue weighted by molar-refractivity contribution is 5.97. The standard InChI is InChI=1S/C22H21F3N6O2/c1-12-3-4-14(20-26-7-2-8-27-20)19(28-12)21(32)31-11-13-9-15(31)16(10-13)33-18-6-5-17(29-30-18)22(23,24)25/h2-8,13-16,19H,9-11H2,1H3. The van der Waals surface area contributed by atoms with E-state index < -0.39 is 17.9 Å². The summed E-state index contributed by atoms with van der Waals surface area (Å²) in [5.74, 6) is 0.289. The minimum absolute atomic E-state index is 0.0120. The van der Waals surface area contributed by atoms with Gasteiger partial charge in [0.05, 0.1) is 12.0 Å². The predicted octanol–water partition coefficient (Wildman–Crippen LogP) is 2.84. The van der Waals surface area contributed by atoms with E-state index in [1.54, 1.807) is 23.4 Å². The number of amides is 1. The van der Waals surface area contributed by atoms with E-state index >= 15 is 0 Å². The van der Waals surface area contributed by atoms with Crippen LogP contribution in [0.4, 0.5) is 13.2 Å². The number of dihydropyridines is 1. The molecule has 2 aromatic heterocycles. The fraction of sp³-hybridized carbons (Fsp3) is 0.455. The van der Waals surface area contributed by atoms with Crippen LogP contribution in [-0.2, 0) is 11.0 Å². The van der Waals surface area contributed by atoms with Crippen molar-refractivity contribution in [2.24, 2.45) is 10.9 Å². The van der Waals surface area contributed by atoms with E-state index in [0.29, 0.717) is 18.8 Å². The lowest BCUT2D eigenvalue weighted by atomic mass is 9.93. The number of carbonyl (C=O) groups excluding carboxylic acids is 1. The first-order chi connectivity index (χ1) is 15.8. The number of hydrogen-bond donors (Lipinski definition) is 0. The van der Waals surface area contributed by atoms with Crippen molar-refractivity contribution in [2.75, 3.05) is 6.54 Å². The molecule has 0 aromatic carbocycles. The van der Waals surface area contributed by atoms with Gasteiger partial charge in [0.15, 0.2) is 5.69 Å².